The summed E-state index contributed by atoms with van der Waals surface area (Å²) in [5.74, 6) is 1.96. The Bertz CT molecular complexity index is 510. The molecule has 0 aliphatic rings. The van der Waals surface area contributed by atoms with Crippen molar-refractivity contribution in [1.29, 1.82) is 0 Å². The van der Waals surface area contributed by atoms with Gasteiger partial charge < -0.3 is 9.47 Å². The zero-order valence-electron chi connectivity index (χ0n) is 16.1. The largest absolute Gasteiger partial charge is 0.493 e. The van der Waals surface area contributed by atoms with Crippen molar-refractivity contribution in [2.75, 3.05) is 14.2 Å². The molecule has 0 radical (unpaired) electrons. The van der Waals surface area contributed by atoms with E-state index in [-0.39, 0.29) is 5.41 Å². The first-order chi connectivity index (χ1) is 11.5. The number of ketones is 1. The summed E-state index contributed by atoms with van der Waals surface area (Å²) >= 11 is 0. The van der Waals surface area contributed by atoms with Crippen LogP contribution in [0.5, 0.6) is 11.5 Å². The predicted molar refractivity (Wildman–Crippen MR) is 100 cm³/mol. The van der Waals surface area contributed by atoms with E-state index in [2.05, 4.69) is 19.9 Å². The average molecular weight is 335 g/mol. The Morgan fingerprint density at radius 3 is 2.42 bits per heavy atom. The maximum Gasteiger partial charge on any atom is 0.163 e. The number of rotatable bonds is 12. The molecule has 3 nitrogen and oxygen atoms in total. The topological polar surface area (TPSA) is 35.5 Å². The van der Waals surface area contributed by atoms with Crippen molar-refractivity contribution < 1.29 is 14.3 Å². The number of carbonyl (C=O) groups excluding carboxylic acids is 1. The first-order valence-corrected chi connectivity index (χ1v) is 9.21. The molecule has 0 spiro atoms. The molecule has 0 amide bonds. The molecule has 0 saturated carbocycles. The second kappa shape index (κ2) is 10.4. The molecule has 0 bridgehead atoms. The van der Waals surface area contributed by atoms with Crippen LogP contribution in [0.2, 0.25) is 0 Å². The summed E-state index contributed by atoms with van der Waals surface area (Å²) in [4.78, 5) is 12.1. The Kier molecular flexibility index (Phi) is 8.88. The lowest BCUT2D eigenvalue weighted by Crippen LogP contribution is -2.22. The fourth-order valence-corrected chi connectivity index (χ4v) is 3.29. The standard InChI is InChI=1S/C21H34O3/c1-6-8-9-14-21(3,16-18(22)7-2)15-13-17-11-10-12-19(23-4)20(17)24-5/h10-12H,6-9,13-16H2,1-5H3. The van der Waals surface area contributed by atoms with E-state index in [1.807, 2.05) is 19.1 Å². The maximum absolute atomic E-state index is 12.1. The van der Waals surface area contributed by atoms with E-state index >= 15 is 0 Å². The van der Waals surface area contributed by atoms with Gasteiger partial charge in [-0.05, 0) is 36.3 Å². The van der Waals surface area contributed by atoms with Crippen molar-refractivity contribution >= 4 is 5.78 Å². The quantitative estimate of drug-likeness (QED) is 0.467. The van der Waals surface area contributed by atoms with Gasteiger partial charge in [-0.2, -0.15) is 0 Å². The predicted octanol–water partition coefficient (Wildman–Crippen LogP) is 5.59. The minimum atomic E-state index is 0.0658. The van der Waals surface area contributed by atoms with Crippen LogP contribution < -0.4 is 9.47 Å². The molecule has 136 valence electrons. The summed E-state index contributed by atoms with van der Waals surface area (Å²) in [5, 5.41) is 0. The molecule has 3 heteroatoms. The molecule has 1 atom stereocenters. The highest BCUT2D eigenvalue weighted by molar-refractivity contribution is 5.78. The van der Waals surface area contributed by atoms with Crippen LogP contribution in [0.1, 0.15) is 71.3 Å². The van der Waals surface area contributed by atoms with E-state index in [1.165, 1.54) is 19.3 Å². The first-order valence-electron chi connectivity index (χ1n) is 9.21. The fourth-order valence-electron chi connectivity index (χ4n) is 3.29. The van der Waals surface area contributed by atoms with Crippen molar-refractivity contribution in [2.24, 2.45) is 5.41 Å². The van der Waals surface area contributed by atoms with Crippen LogP contribution in [-0.4, -0.2) is 20.0 Å². The highest BCUT2D eigenvalue weighted by atomic mass is 16.5. The third-order valence-corrected chi connectivity index (χ3v) is 4.88. The molecule has 0 aliphatic carbocycles. The lowest BCUT2D eigenvalue weighted by Gasteiger charge is -2.29. The number of unbranched alkanes of at least 4 members (excludes halogenated alkanes) is 2. The Hall–Kier alpha value is -1.51. The highest BCUT2D eigenvalue weighted by Gasteiger charge is 2.27. The normalized spacial score (nSPS) is 13.4. The van der Waals surface area contributed by atoms with Crippen molar-refractivity contribution in [3.05, 3.63) is 23.8 Å². The van der Waals surface area contributed by atoms with E-state index in [1.54, 1.807) is 14.2 Å². The van der Waals surface area contributed by atoms with Crippen LogP contribution in [-0.2, 0) is 11.2 Å². The van der Waals surface area contributed by atoms with Crippen LogP contribution in [0.4, 0.5) is 0 Å². The van der Waals surface area contributed by atoms with Gasteiger partial charge in [-0.1, -0.05) is 52.2 Å². The molecule has 24 heavy (non-hydrogen) atoms. The Morgan fingerprint density at radius 2 is 1.83 bits per heavy atom. The van der Waals surface area contributed by atoms with E-state index in [0.29, 0.717) is 18.6 Å². The molecule has 0 saturated heterocycles. The number of Topliss-reactive ketones (excluding diaryl/α,β-unsaturated/α-hetero) is 1. The molecule has 1 aromatic rings. The summed E-state index contributed by atoms with van der Waals surface area (Å²) in [6.07, 6.45) is 7.95. The van der Waals surface area contributed by atoms with Crippen LogP contribution in [0, 0.1) is 5.41 Å². The summed E-state index contributed by atoms with van der Waals surface area (Å²) in [7, 11) is 3.35. The third kappa shape index (κ3) is 6.18. The van der Waals surface area contributed by atoms with Gasteiger partial charge in [0.05, 0.1) is 14.2 Å². The van der Waals surface area contributed by atoms with Crippen molar-refractivity contribution in [1.82, 2.24) is 0 Å². The lowest BCUT2D eigenvalue weighted by atomic mass is 9.75. The molecule has 1 unspecified atom stereocenters. The van der Waals surface area contributed by atoms with E-state index in [9.17, 15) is 4.79 Å². The fraction of sp³-hybridized carbons (Fsp3) is 0.667. The molecular weight excluding hydrogens is 300 g/mol. The molecule has 0 fully saturated rings. The number of para-hydroxylation sites is 1. The van der Waals surface area contributed by atoms with E-state index in [4.69, 9.17) is 9.47 Å². The van der Waals surface area contributed by atoms with Crippen LogP contribution >= 0.6 is 0 Å². The monoisotopic (exact) mass is 334 g/mol. The third-order valence-electron chi connectivity index (χ3n) is 4.88. The van der Waals surface area contributed by atoms with E-state index in [0.717, 1.165) is 36.3 Å². The van der Waals surface area contributed by atoms with Gasteiger partial charge in [0, 0.05) is 12.8 Å². The Balaban J connectivity index is 2.85. The average Bonchev–Trinajstić information content (AvgIpc) is 2.59. The number of hydrogen-bond donors (Lipinski definition) is 0. The Morgan fingerprint density at radius 1 is 1.08 bits per heavy atom. The molecule has 0 aromatic heterocycles. The number of benzene rings is 1. The van der Waals surface area contributed by atoms with Crippen molar-refractivity contribution in [3.8, 4) is 11.5 Å². The highest BCUT2D eigenvalue weighted by Crippen LogP contribution is 2.38. The number of hydrogen-bond acceptors (Lipinski definition) is 3. The number of aryl methyl sites for hydroxylation is 1. The summed E-state index contributed by atoms with van der Waals surface area (Å²) in [6, 6.07) is 6.02. The van der Waals surface area contributed by atoms with Crippen LogP contribution in [0.3, 0.4) is 0 Å². The second-order valence-corrected chi connectivity index (χ2v) is 6.99. The second-order valence-electron chi connectivity index (χ2n) is 6.99. The molecular formula is C21H34O3. The smallest absolute Gasteiger partial charge is 0.163 e. The zero-order chi connectivity index (χ0) is 18.0. The first kappa shape index (κ1) is 20.5. The van der Waals surface area contributed by atoms with Gasteiger partial charge in [-0.15, -0.1) is 0 Å². The SMILES string of the molecule is CCCCCC(C)(CCc1cccc(OC)c1OC)CC(=O)CC. The van der Waals surface area contributed by atoms with E-state index < -0.39 is 0 Å². The van der Waals surface area contributed by atoms with Gasteiger partial charge in [0.25, 0.3) is 0 Å². The van der Waals surface area contributed by atoms with Crippen LogP contribution in [0.25, 0.3) is 0 Å². The zero-order valence-corrected chi connectivity index (χ0v) is 16.1. The van der Waals surface area contributed by atoms with Gasteiger partial charge in [-0.25, -0.2) is 0 Å². The Labute approximate surface area is 147 Å². The molecule has 0 aliphatic heterocycles. The van der Waals surface area contributed by atoms with Gasteiger partial charge >= 0.3 is 0 Å². The summed E-state index contributed by atoms with van der Waals surface area (Å²) in [5.41, 5.74) is 1.22. The maximum atomic E-state index is 12.1. The van der Waals surface area contributed by atoms with Gasteiger partial charge in [0.15, 0.2) is 11.5 Å². The summed E-state index contributed by atoms with van der Waals surface area (Å²) in [6.45, 7) is 6.44. The van der Waals surface area contributed by atoms with Gasteiger partial charge in [0.2, 0.25) is 0 Å². The van der Waals surface area contributed by atoms with Gasteiger partial charge in [0.1, 0.15) is 5.78 Å². The van der Waals surface area contributed by atoms with Crippen molar-refractivity contribution in [3.63, 3.8) is 0 Å². The lowest BCUT2D eigenvalue weighted by molar-refractivity contribution is -0.121. The molecule has 0 N–H and O–H groups in total. The van der Waals surface area contributed by atoms with Crippen LogP contribution in [0.15, 0.2) is 18.2 Å². The molecule has 1 aromatic carbocycles. The number of methoxy groups -OCH3 is 2. The number of ether oxygens (including phenoxy) is 2. The minimum absolute atomic E-state index is 0.0658. The summed E-state index contributed by atoms with van der Waals surface area (Å²) < 4.78 is 10.9. The van der Waals surface area contributed by atoms with Crippen molar-refractivity contribution in [2.45, 2.75) is 72.1 Å². The minimum Gasteiger partial charge on any atom is -0.493 e. The number of carbonyl (C=O) groups is 1. The molecule has 0 heterocycles. The van der Waals surface area contributed by atoms with Gasteiger partial charge in [-0.3, -0.25) is 4.79 Å². The molecule has 1 rings (SSSR count).